The van der Waals surface area contributed by atoms with E-state index in [0.29, 0.717) is 13.1 Å². The number of ether oxygens (including phenoxy) is 1. The van der Waals surface area contributed by atoms with E-state index >= 15 is 0 Å². The Kier molecular flexibility index (Phi) is 6.78. The van der Waals surface area contributed by atoms with Crippen LogP contribution in [0, 0.1) is 5.82 Å². The fourth-order valence-electron chi connectivity index (χ4n) is 2.89. The molecule has 1 aliphatic rings. The van der Waals surface area contributed by atoms with Crippen LogP contribution in [0.3, 0.4) is 0 Å². The van der Waals surface area contributed by atoms with Gasteiger partial charge < -0.3 is 19.5 Å². The number of para-hydroxylation sites is 1. The summed E-state index contributed by atoms with van der Waals surface area (Å²) in [6, 6.07) is 6.10. The lowest BCUT2D eigenvalue weighted by Crippen LogP contribution is -2.49. The second-order valence-corrected chi connectivity index (χ2v) is 5.73. The average molecular weight is 369 g/mol. The zero-order valence-corrected chi connectivity index (χ0v) is 14.8. The van der Waals surface area contributed by atoms with Crippen molar-refractivity contribution in [2.75, 3.05) is 26.2 Å². The molecule has 0 bridgehead atoms. The molecule has 136 valence electrons. The standard InChI is InChI=1S/C17H21FN4O2.ClH/c1-21-9-8-20-17(21)14-12-19-7-10-22(14)16(23)6-11-24-15-5-3-2-4-13(15)18;/h2-5,8-9,14,19H,6-7,10-12H2,1H3;1H. The molecule has 1 amide bonds. The highest BCUT2D eigenvalue weighted by molar-refractivity contribution is 5.85. The van der Waals surface area contributed by atoms with Gasteiger partial charge in [0.2, 0.25) is 5.91 Å². The summed E-state index contributed by atoms with van der Waals surface area (Å²) in [7, 11) is 1.92. The lowest BCUT2D eigenvalue weighted by atomic mass is 10.1. The molecule has 8 heteroatoms. The Hall–Kier alpha value is -2.12. The van der Waals surface area contributed by atoms with Crippen LogP contribution in [0.5, 0.6) is 5.75 Å². The van der Waals surface area contributed by atoms with Crippen molar-refractivity contribution in [3.63, 3.8) is 0 Å². The van der Waals surface area contributed by atoms with Gasteiger partial charge in [0.1, 0.15) is 11.9 Å². The van der Waals surface area contributed by atoms with Crippen molar-refractivity contribution in [2.24, 2.45) is 7.05 Å². The minimum absolute atomic E-state index is 0. The van der Waals surface area contributed by atoms with Gasteiger partial charge in [-0.15, -0.1) is 12.4 Å². The highest BCUT2D eigenvalue weighted by Crippen LogP contribution is 2.21. The van der Waals surface area contributed by atoms with Crippen molar-refractivity contribution in [1.29, 1.82) is 0 Å². The third kappa shape index (κ3) is 4.49. The Bertz CT molecular complexity index is 709. The van der Waals surface area contributed by atoms with Crippen LogP contribution in [0.4, 0.5) is 4.39 Å². The number of amides is 1. The third-order valence-electron chi connectivity index (χ3n) is 4.13. The number of carbonyl (C=O) groups excluding carboxylic acids is 1. The summed E-state index contributed by atoms with van der Waals surface area (Å²) in [6.07, 6.45) is 3.80. The SMILES string of the molecule is Cl.Cn1ccnc1C1CNCCN1C(=O)CCOc1ccccc1F. The summed E-state index contributed by atoms with van der Waals surface area (Å²) in [5, 5.41) is 3.30. The molecule has 2 heterocycles. The van der Waals surface area contributed by atoms with Gasteiger partial charge in [-0.25, -0.2) is 9.37 Å². The molecule has 0 spiro atoms. The lowest BCUT2D eigenvalue weighted by molar-refractivity contribution is -0.135. The molecule has 1 unspecified atom stereocenters. The molecule has 1 aromatic carbocycles. The van der Waals surface area contributed by atoms with Gasteiger partial charge in [0.05, 0.1) is 13.0 Å². The van der Waals surface area contributed by atoms with Crippen LogP contribution in [0.1, 0.15) is 18.3 Å². The molecule has 0 radical (unpaired) electrons. The van der Waals surface area contributed by atoms with E-state index in [1.54, 1.807) is 24.4 Å². The van der Waals surface area contributed by atoms with Crippen molar-refractivity contribution in [3.8, 4) is 5.75 Å². The highest BCUT2D eigenvalue weighted by Gasteiger charge is 2.30. The first kappa shape index (κ1) is 19.2. The molecular weight excluding hydrogens is 347 g/mol. The Balaban J connectivity index is 0.00000225. The minimum atomic E-state index is -0.419. The lowest BCUT2D eigenvalue weighted by Gasteiger charge is -2.35. The number of hydrogen-bond acceptors (Lipinski definition) is 4. The monoisotopic (exact) mass is 368 g/mol. The number of aromatic nitrogens is 2. The van der Waals surface area contributed by atoms with Crippen LogP contribution >= 0.6 is 12.4 Å². The normalized spacial score (nSPS) is 17.0. The van der Waals surface area contributed by atoms with Crippen LogP contribution in [0.25, 0.3) is 0 Å². The molecule has 0 aliphatic carbocycles. The first-order chi connectivity index (χ1) is 11.7. The van der Waals surface area contributed by atoms with E-state index in [0.717, 1.165) is 12.4 Å². The molecule has 6 nitrogen and oxygen atoms in total. The quantitative estimate of drug-likeness (QED) is 0.876. The van der Waals surface area contributed by atoms with E-state index < -0.39 is 5.82 Å². The molecule has 1 saturated heterocycles. The van der Waals surface area contributed by atoms with Gasteiger partial charge in [-0.1, -0.05) is 12.1 Å². The molecule has 1 atom stereocenters. The number of carbonyl (C=O) groups is 1. The summed E-state index contributed by atoms with van der Waals surface area (Å²) >= 11 is 0. The number of hydrogen-bond donors (Lipinski definition) is 1. The molecule has 1 aliphatic heterocycles. The number of aryl methyl sites for hydroxylation is 1. The molecule has 1 N–H and O–H groups in total. The van der Waals surface area contributed by atoms with E-state index in [-0.39, 0.29) is 43.1 Å². The molecule has 2 aromatic rings. The van der Waals surface area contributed by atoms with E-state index in [2.05, 4.69) is 10.3 Å². The number of piperazine rings is 1. The van der Waals surface area contributed by atoms with Crippen molar-refractivity contribution >= 4 is 18.3 Å². The van der Waals surface area contributed by atoms with Crippen molar-refractivity contribution in [1.82, 2.24) is 19.8 Å². The molecule has 1 aromatic heterocycles. The van der Waals surface area contributed by atoms with Crippen molar-refractivity contribution < 1.29 is 13.9 Å². The maximum absolute atomic E-state index is 13.5. The second-order valence-electron chi connectivity index (χ2n) is 5.73. The summed E-state index contributed by atoms with van der Waals surface area (Å²) < 4.78 is 20.8. The van der Waals surface area contributed by atoms with Crippen molar-refractivity contribution in [3.05, 3.63) is 48.3 Å². The highest BCUT2D eigenvalue weighted by atomic mass is 35.5. The maximum Gasteiger partial charge on any atom is 0.226 e. The topological polar surface area (TPSA) is 59.4 Å². The fraction of sp³-hybridized carbons (Fsp3) is 0.412. The number of benzene rings is 1. The van der Waals surface area contributed by atoms with Gasteiger partial charge in [0, 0.05) is 39.1 Å². The van der Waals surface area contributed by atoms with E-state index in [1.165, 1.54) is 6.07 Å². The Morgan fingerprint density at radius 1 is 1.44 bits per heavy atom. The number of rotatable bonds is 5. The molecule has 0 saturated carbocycles. The van der Waals surface area contributed by atoms with Crippen LogP contribution < -0.4 is 10.1 Å². The molecule has 1 fully saturated rings. The largest absolute Gasteiger partial charge is 0.490 e. The summed E-state index contributed by atoms with van der Waals surface area (Å²) in [5.74, 6) is 0.593. The predicted molar refractivity (Wildman–Crippen MR) is 94.3 cm³/mol. The zero-order valence-electron chi connectivity index (χ0n) is 14.0. The smallest absolute Gasteiger partial charge is 0.226 e. The maximum atomic E-state index is 13.5. The molecular formula is C17H22ClFN4O2. The van der Waals surface area contributed by atoms with Gasteiger partial charge in [-0.2, -0.15) is 0 Å². The van der Waals surface area contributed by atoms with E-state index in [1.807, 2.05) is 22.7 Å². The minimum Gasteiger partial charge on any atom is -0.490 e. The Morgan fingerprint density at radius 3 is 2.96 bits per heavy atom. The van der Waals surface area contributed by atoms with Gasteiger partial charge in [0.15, 0.2) is 11.6 Å². The van der Waals surface area contributed by atoms with Crippen LogP contribution in [-0.2, 0) is 11.8 Å². The van der Waals surface area contributed by atoms with E-state index in [4.69, 9.17) is 4.74 Å². The van der Waals surface area contributed by atoms with Gasteiger partial charge >= 0.3 is 0 Å². The molecule has 3 rings (SSSR count). The van der Waals surface area contributed by atoms with Gasteiger partial charge in [-0.05, 0) is 12.1 Å². The first-order valence-electron chi connectivity index (χ1n) is 8.01. The number of nitrogens with zero attached hydrogens (tertiary/aromatic N) is 3. The number of halogens is 2. The summed E-state index contributed by atoms with van der Waals surface area (Å²) in [6.45, 7) is 2.19. The molecule has 25 heavy (non-hydrogen) atoms. The summed E-state index contributed by atoms with van der Waals surface area (Å²) in [4.78, 5) is 18.8. The third-order valence-corrected chi connectivity index (χ3v) is 4.13. The van der Waals surface area contributed by atoms with Crippen LogP contribution in [0.2, 0.25) is 0 Å². The summed E-state index contributed by atoms with van der Waals surface area (Å²) in [5.41, 5.74) is 0. The van der Waals surface area contributed by atoms with Gasteiger partial charge in [0.25, 0.3) is 0 Å². The van der Waals surface area contributed by atoms with Crippen LogP contribution in [0.15, 0.2) is 36.7 Å². The average Bonchev–Trinajstić information content (AvgIpc) is 3.02. The van der Waals surface area contributed by atoms with Crippen molar-refractivity contribution in [2.45, 2.75) is 12.5 Å². The zero-order chi connectivity index (χ0) is 16.9. The second kappa shape index (κ2) is 8.82. The Labute approximate surface area is 152 Å². The fourth-order valence-corrected chi connectivity index (χ4v) is 2.89. The van der Waals surface area contributed by atoms with E-state index in [9.17, 15) is 9.18 Å². The predicted octanol–water partition coefficient (Wildman–Crippen LogP) is 1.92. The van der Waals surface area contributed by atoms with Crippen LogP contribution in [-0.4, -0.2) is 46.6 Å². The Morgan fingerprint density at radius 2 is 2.24 bits per heavy atom. The first-order valence-corrected chi connectivity index (χ1v) is 8.01. The number of nitrogens with one attached hydrogen (secondary N) is 1. The number of imidazole rings is 1. The van der Waals surface area contributed by atoms with Gasteiger partial charge in [-0.3, -0.25) is 4.79 Å².